The van der Waals surface area contributed by atoms with Gasteiger partial charge in [0.15, 0.2) is 5.69 Å². The number of hydrogen-bond acceptors (Lipinski definition) is 3. The van der Waals surface area contributed by atoms with E-state index in [1.54, 1.807) is 0 Å². The third-order valence-electron chi connectivity index (χ3n) is 4.66. The van der Waals surface area contributed by atoms with E-state index in [1.165, 1.54) is 12.8 Å². The van der Waals surface area contributed by atoms with Crippen LogP contribution in [0.1, 0.15) is 41.9 Å². The van der Waals surface area contributed by atoms with Crippen molar-refractivity contribution in [1.82, 2.24) is 20.0 Å². The smallest absolute Gasteiger partial charge is 0.275 e. The van der Waals surface area contributed by atoms with Gasteiger partial charge in [-0.05, 0) is 62.1 Å². The second-order valence-corrected chi connectivity index (χ2v) is 6.70. The lowest BCUT2D eigenvalue weighted by Crippen LogP contribution is -2.47. The predicted octanol–water partition coefficient (Wildman–Crippen LogP) is 2.18. The summed E-state index contributed by atoms with van der Waals surface area (Å²) in [5.74, 6) is 0.0593. The Balaban J connectivity index is 1.81. The van der Waals surface area contributed by atoms with Crippen LogP contribution in [0.15, 0.2) is 4.47 Å². The molecule has 2 unspecified atom stereocenters. The third-order valence-corrected chi connectivity index (χ3v) is 5.63. The number of nitrogens with one attached hydrogen (secondary N) is 1. The van der Waals surface area contributed by atoms with E-state index in [0.29, 0.717) is 17.8 Å². The first kappa shape index (κ1) is 14.1. The number of carbonyl (C=O) groups excluding carboxylic acids is 1. The number of rotatable bonds is 2. The molecule has 5 nitrogen and oxygen atoms in total. The number of H-pyrrole nitrogens is 1. The topological polar surface area (TPSA) is 52.2 Å². The highest BCUT2D eigenvalue weighted by atomic mass is 79.9. The van der Waals surface area contributed by atoms with Gasteiger partial charge in [-0.1, -0.05) is 0 Å². The fourth-order valence-corrected chi connectivity index (χ4v) is 3.91. The van der Waals surface area contributed by atoms with Crippen LogP contribution >= 0.6 is 15.9 Å². The van der Waals surface area contributed by atoms with Gasteiger partial charge in [0.05, 0.1) is 4.47 Å². The first-order chi connectivity index (χ1) is 9.59. The molecular weight excluding hydrogens is 320 g/mol. The molecule has 1 amide bonds. The lowest BCUT2D eigenvalue weighted by atomic mass is 10.0. The van der Waals surface area contributed by atoms with Gasteiger partial charge in [0.25, 0.3) is 5.91 Å². The molecule has 2 aliphatic rings. The Morgan fingerprint density at radius 3 is 2.60 bits per heavy atom. The van der Waals surface area contributed by atoms with Crippen LogP contribution in [0.3, 0.4) is 0 Å². The number of likely N-dealkylation sites (N-methyl/N-ethyl adjacent to an activating group) is 1. The number of hydrogen-bond donors (Lipinski definition) is 1. The summed E-state index contributed by atoms with van der Waals surface area (Å²) in [4.78, 5) is 17.2. The molecular formula is C14H21BrN4O. The fraction of sp³-hybridized carbons (Fsp3) is 0.714. The number of aromatic nitrogens is 2. The van der Waals surface area contributed by atoms with Crippen molar-refractivity contribution in [2.75, 3.05) is 20.1 Å². The van der Waals surface area contributed by atoms with E-state index < -0.39 is 0 Å². The van der Waals surface area contributed by atoms with Crippen LogP contribution in [0, 0.1) is 6.92 Å². The van der Waals surface area contributed by atoms with Crippen molar-refractivity contribution in [2.24, 2.45) is 0 Å². The van der Waals surface area contributed by atoms with Gasteiger partial charge in [0.1, 0.15) is 0 Å². The Labute approximate surface area is 127 Å². The van der Waals surface area contributed by atoms with Crippen LogP contribution in [-0.2, 0) is 0 Å². The Hall–Kier alpha value is -0.880. The summed E-state index contributed by atoms with van der Waals surface area (Å²) < 4.78 is 0.799. The molecule has 3 rings (SSSR count). The van der Waals surface area contributed by atoms with Gasteiger partial charge in [-0.3, -0.25) is 9.89 Å². The summed E-state index contributed by atoms with van der Waals surface area (Å²) in [5.41, 5.74) is 1.43. The molecule has 2 saturated heterocycles. The van der Waals surface area contributed by atoms with Crippen LogP contribution in [0.2, 0.25) is 0 Å². The van der Waals surface area contributed by atoms with E-state index in [-0.39, 0.29) is 5.91 Å². The minimum atomic E-state index is 0.0593. The molecule has 0 aliphatic carbocycles. The second-order valence-electron chi connectivity index (χ2n) is 5.91. The van der Waals surface area contributed by atoms with E-state index in [2.05, 4.69) is 38.1 Å². The molecule has 1 N–H and O–H groups in total. The van der Waals surface area contributed by atoms with Crippen LogP contribution < -0.4 is 0 Å². The molecule has 2 atom stereocenters. The summed E-state index contributed by atoms with van der Waals surface area (Å²) in [5, 5.41) is 7.04. The van der Waals surface area contributed by atoms with E-state index in [1.807, 2.05) is 11.8 Å². The zero-order chi connectivity index (χ0) is 14.3. The number of amides is 1. The van der Waals surface area contributed by atoms with E-state index >= 15 is 0 Å². The summed E-state index contributed by atoms with van der Waals surface area (Å²) >= 11 is 3.46. The van der Waals surface area contributed by atoms with Gasteiger partial charge in [-0.2, -0.15) is 5.10 Å². The largest absolute Gasteiger partial charge is 0.333 e. The van der Waals surface area contributed by atoms with Gasteiger partial charge < -0.3 is 9.80 Å². The quantitative estimate of drug-likeness (QED) is 0.897. The van der Waals surface area contributed by atoms with Crippen molar-refractivity contribution >= 4 is 21.8 Å². The molecule has 2 fully saturated rings. The highest BCUT2D eigenvalue weighted by molar-refractivity contribution is 9.10. The van der Waals surface area contributed by atoms with Crippen molar-refractivity contribution in [1.29, 1.82) is 0 Å². The monoisotopic (exact) mass is 340 g/mol. The third kappa shape index (κ3) is 2.29. The summed E-state index contributed by atoms with van der Waals surface area (Å²) in [6, 6.07) is 0.860. The fourth-order valence-electron chi connectivity index (χ4n) is 3.56. The van der Waals surface area contributed by atoms with Crippen LogP contribution in [0.5, 0.6) is 0 Å². The molecule has 1 aromatic rings. The van der Waals surface area contributed by atoms with Gasteiger partial charge in [0, 0.05) is 24.3 Å². The minimum absolute atomic E-state index is 0.0593. The second kappa shape index (κ2) is 5.48. The maximum atomic E-state index is 12.7. The first-order valence-corrected chi connectivity index (χ1v) is 8.10. The molecule has 110 valence electrons. The van der Waals surface area contributed by atoms with E-state index in [4.69, 9.17) is 0 Å². The van der Waals surface area contributed by atoms with E-state index in [0.717, 1.165) is 36.1 Å². The average molecular weight is 341 g/mol. The molecule has 0 spiro atoms. The Bertz CT molecular complexity index is 515. The Morgan fingerprint density at radius 2 is 2.00 bits per heavy atom. The lowest BCUT2D eigenvalue weighted by molar-refractivity contribution is 0.0657. The maximum absolute atomic E-state index is 12.7. The molecule has 0 radical (unpaired) electrons. The predicted molar refractivity (Wildman–Crippen MR) is 80.7 cm³/mol. The number of halogens is 1. The summed E-state index contributed by atoms with van der Waals surface area (Å²) in [7, 11) is 2.17. The molecule has 3 heterocycles. The van der Waals surface area contributed by atoms with Gasteiger partial charge in [0.2, 0.25) is 0 Å². The van der Waals surface area contributed by atoms with Crippen molar-refractivity contribution in [3.05, 3.63) is 15.9 Å². The number of carbonyl (C=O) groups is 1. The summed E-state index contributed by atoms with van der Waals surface area (Å²) in [6.45, 7) is 3.92. The highest BCUT2D eigenvalue weighted by Gasteiger charge is 2.39. The molecule has 0 aromatic carbocycles. The van der Waals surface area contributed by atoms with Crippen LogP contribution in [-0.4, -0.2) is 58.1 Å². The van der Waals surface area contributed by atoms with Crippen molar-refractivity contribution in [3.63, 3.8) is 0 Å². The Kier molecular flexibility index (Phi) is 3.86. The van der Waals surface area contributed by atoms with Crippen LogP contribution in [0.25, 0.3) is 0 Å². The molecule has 0 saturated carbocycles. The number of aryl methyl sites for hydroxylation is 1. The van der Waals surface area contributed by atoms with Gasteiger partial charge >= 0.3 is 0 Å². The van der Waals surface area contributed by atoms with Crippen molar-refractivity contribution in [2.45, 2.75) is 44.7 Å². The van der Waals surface area contributed by atoms with Crippen molar-refractivity contribution < 1.29 is 4.79 Å². The minimum Gasteiger partial charge on any atom is -0.333 e. The molecule has 20 heavy (non-hydrogen) atoms. The van der Waals surface area contributed by atoms with Crippen molar-refractivity contribution in [3.8, 4) is 0 Å². The molecule has 2 aliphatic heterocycles. The SMILES string of the molecule is Cc1[nH]nc(C(=O)N2CCCC2C2CCCN2C)c1Br. The zero-order valence-corrected chi connectivity index (χ0v) is 13.6. The van der Waals surface area contributed by atoms with Crippen LogP contribution in [0.4, 0.5) is 0 Å². The van der Waals surface area contributed by atoms with Gasteiger partial charge in [-0.15, -0.1) is 0 Å². The lowest BCUT2D eigenvalue weighted by Gasteiger charge is -2.32. The number of likely N-dealkylation sites (tertiary alicyclic amines) is 2. The zero-order valence-electron chi connectivity index (χ0n) is 12.0. The normalized spacial score (nSPS) is 27.4. The number of nitrogens with zero attached hydrogens (tertiary/aromatic N) is 3. The van der Waals surface area contributed by atoms with E-state index in [9.17, 15) is 4.79 Å². The Morgan fingerprint density at radius 1 is 1.30 bits per heavy atom. The molecule has 0 bridgehead atoms. The highest BCUT2D eigenvalue weighted by Crippen LogP contribution is 2.31. The molecule has 1 aromatic heterocycles. The average Bonchev–Trinajstić information content (AvgIpc) is 3.11. The summed E-state index contributed by atoms with van der Waals surface area (Å²) in [6.07, 6.45) is 4.65. The van der Waals surface area contributed by atoms with Gasteiger partial charge in [-0.25, -0.2) is 0 Å². The first-order valence-electron chi connectivity index (χ1n) is 7.31. The standard InChI is InChI=1S/C14H21BrN4O/c1-9-12(15)13(17-16-9)14(20)19-8-4-6-11(19)10-5-3-7-18(10)2/h10-11H,3-8H2,1-2H3,(H,16,17). The number of aromatic amines is 1. The maximum Gasteiger partial charge on any atom is 0.275 e. The molecule has 6 heteroatoms.